The standard InChI is InChI=1S/C26H27N3O6/c1-15-4-8-18(9-5-15)24(30)33-14-21-20(35-25(31)19-10-6-16(2)7-11-19)12-22(34-21)29-13-17(3)23(27)28-26(29)32/h4-11,13,20-22H,12,14H2,1-3H3,(H2,27,28,32)/i3D3. The maximum atomic E-state index is 12.8. The third kappa shape index (κ3) is 5.58. The molecular formula is C26H27N3O6. The Labute approximate surface area is 206 Å². The Kier molecular flexibility index (Phi) is 5.89. The summed E-state index contributed by atoms with van der Waals surface area (Å²) in [5.74, 6) is -1.63. The molecule has 2 heterocycles. The number of rotatable bonds is 6. The van der Waals surface area contributed by atoms with Crippen LogP contribution in [-0.4, -0.2) is 40.3 Å². The van der Waals surface area contributed by atoms with E-state index in [4.69, 9.17) is 24.1 Å². The minimum absolute atomic E-state index is 0.0176. The number of benzene rings is 2. The van der Waals surface area contributed by atoms with E-state index < -0.39 is 48.7 Å². The van der Waals surface area contributed by atoms with E-state index >= 15 is 0 Å². The fourth-order valence-electron chi connectivity index (χ4n) is 3.66. The van der Waals surface area contributed by atoms with Crippen LogP contribution < -0.4 is 11.4 Å². The van der Waals surface area contributed by atoms with E-state index in [-0.39, 0.29) is 18.6 Å². The van der Waals surface area contributed by atoms with E-state index in [1.54, 1.807) is 48.5 Å². The fraction of sp³-hybridized carbons (Fsp3) is 0.308. The summed E-state index contributed by atoms with van der Waals surface area (Å²) in [6.07, 6.45) is -1.85. The van der Waals surface area contributed by atoms with Gasteiger partial charge in [0.2, 0.25) is 0 Å². The lowest BCUT2D eigenvalue weighted by Crippen LogP contribution is -2.32. The second-order valence-electron chi connectivity index (χ2n) is 8.37. The normalized spacial score (nSPS) is 21.0. The number of carbonyl (C=O) groups excluding carboxylic acids is 2. The summed E-state index contributed by atoms with van der Waals surface area (Å²) in [6, 6.07) is 13.6. The molecule has 1 aliphatic heterocycles. The van der Waals surface area contributed by atoms with Gasteiger partial charge in [-0.3, -0.25) is 4.57 Å². The lowest BCUT2D eigenvalue weighted by Gasteiger charge is -2.19. The number of nitrogens with two attached hydrogens (primary N) is 1. The van der Waals surface area contributed by atoms with Crippen molar-refractivity contribution in [1.82, 2.24) is 9.55 Å². The number of ether oxygens (including phenoxy) is 3. The molecule has 0 radical (unpaired) electrons. The minimum Gasteiger partial charge on any atom is -0.459 e. The molecule has 0 amide bonds. The number of hydrogen-bond donors (Lipinski definition) is 1. The highest BCUT2D eigenvalue weighted by Crippen LogP contribution is 2.31. The smallest absolute Gasteiger partial charge is 0.351 e. The van der Waals surface area contributed by atoms with E-state index in [9.17, 15) is 14.4 Å². The molecule has 0 aliphatic carbocycles. The van der Waals surface area contributed by atoms with E-state index in [1.165, 1.54) is 0 Å². The monoisotopic (exact) mass is 480 g/mol. The van der Waals surface area contributed by atoms with Crippen LogP contribution in [0.3, 0.4) is 0 Å². The lowest BCUT2D eigenvalue weighted by molar-refractivity contribution is -0.0582. The Morgan fingerprint density at radius 1 is 1.09 bits per heavy atom. The van der Waals surface area contributed by atoms with Crippen molar-refractivity contribution in [2.45, 2.75) is 45.6 Å². The van der Waals surface area contributed by atoms with Gasteiger partial charge in [0, 0.05) is 22.3 Å². The van der Waals surface area contributed by atoms with Gasteiger partial charge in [0.25, 0.3) is 0 Å². The number of esters is 2. The molecule has 4 rings (SSSR count). The summed E-state index contributed by atoms with van der Waals surface area (Å²) in [5, 5.41) is 0. The molecule has 0 spiro atoms. The average Bonchev–Trinajstić information content (AvgIpc) is 3.24. The number of anilines is 1. The maximum absolute atomic E-state index is 12.8. The van der Waals surface area contributed by atoms with E-state index in [0.29, 0.717) is 11.1 Å². The summed E-state index contributed by atoms with van der Waals surface area (Å²) >= 11 is 0. The highest BCUT2D eigenvalue weighted by atomic mass is 16.6. The van der Waals surface area contributed by atoms with Gasteiger partial charge >= 0.3 is 17.6 Å². The number of aromatic nitrogens is 2. The molecule has 0 saturated carbocycles. The van der Waals surface area contributed by atoms with Gasteiger partial charge in [-0.1, -0.05) is 35.4 Å². The van der Waals surface area contributed by atoms with Crippen LogP contribution in [0.4, 0.5) is 5.82 Å². The summed E-state index contributed by atoms with van der Waals surface area (Å²) < 4.78 is 41.1. The summed E-state index contributed by atoms with van der Waals surface area (Å²) in [5.41, 5.74) is 7.10. The van der Waals surface area contributed by atoms with Gasteiger partial charge in [0.1, 0.15) is 30.9 Å². The van der Waals surface area contributed by atoms with Crippen molar-refractivity contribution < 1.29 is 27.9 Å². The highest BCUT2D eigenvalue weighted by molar-refractivity contribution is 5.90. The zero-order valence-corrected chi connectivity index (χ0v) is 19.3. The molecule has 2 aromatic carbocycles. The Morgan fingerprint density at radius 2 is 1.69 bits per heavy atom. The van der Waals surface area contributed by atoms with Crippen molar-refractivity contribution in [3.05, 3.63) is 93.0 Å². The molecule has 9 heteroatoms. The first-order chi connectivity index (χ1) is 17.9. The van der Waals surface area contributed by atoms with Crippen LogP contribution in [0.15, 0.2) is 59.5 Å². The predicted octanol–water partition coefficient (Wildman–Crippen LogP) is 3.12. The Morgan fingerprint density at radius 3 is 2.29 bits per heavy atom. The molecule has 1 aliphatic rings. The van der Waals surface area contributed by atoms with Crippen molar-refractivity contribution in [3.8, 4) is 0 Å². The summed E-state index contributed by atoms with van der Waals surface area (Å²) in [7, 11) is 0. The molecule has 1 fully saturated rings. The first-order valence-electron chi connectivity index (χ1n) is 12.5. The quantitative estimate of drug-likeness (QED) is 0.534. The summed E-state index contributed by atoms with van der Waals surface area (Å²) in [4.78, 5) is 41.6. The molecule has 1 saturated heterocycles. The topological polar surface area (TPSA) is 123 Å². The number of hydrogen-bond acceptors (Lipinski definition) is 8. The van der Waals surface area contributed by atoms with Crippen LogP contribution >= 0.6 is 0 Å². The number of nitrogen functional groups attached to an aromatic ring is 1. The average molecular weight is 481 g/mol. The largest absolute Gasteiger partial charge is 0.459 e. The van der Waals surface area contributed by atoms with Gasteiger partial charge in [-0.05, 0) is 45.0 Å². The molecule has 3 aromatic rings. The van der Waals surface area contributed by atoms with Crippen molar-refractivity contribution in [1.29, 1.82) is 0 Å². The first kappa shape index (κ1) is 20.4. The zero-order chi connectivity index (χ0) is 27.6. The molecule has 9 nitrogen and oxygen atoms in total. The van der Waals surface area contributed by atoms with Crippen LogP contribution in [0.1, 0.15) is 54.2 Å². The second kappa shape index (κ2) is 10.1. The fourth-order valence-corrected chi connectivity index (χ4v) is 3.66. The molecule has 182 valence electrons. The zero-order valence-electron chi connectivity index (χ0n) is 22.3. The van der Waals surface area contributed by atoms with Gasteiger partial charge in [0.15, 0.2) is 0 Å². The van der Waals surface area contributed by atoms with Crippen molar-refractivity contribution in [3.63, 3.8) is 0 Å². The molecule has 3 unspecified atom stereocenters. The Hall–Kier alpha value is -3.98. The summed E-state index contributed by atoms with van der Waals surface area (Å²) in [6.45, 7) is 0.874. The SMILES string of the molecule is [2H]C([2H])([2H])c1cn(C2CC(OC(=O)c3ccc(C)cc3)C(COC(=O)c3ccc(C)cc3)O2)c(=O)nc1N. The molecular weight excluding hydrogens is 450 g/mol. The molecule has 35 heavy (non-hydrogen) atoms. The van der Waals surface area contributed by atoms with Crippen LogP contribution in [-0.2, 0) is 14.2 Å². The minimum atomic E-state index is -2.62. The Balaban J connectivity index is 1.57. The maximum Gasteiger partial charge on any atom is 0.351 e. The lowest BCUT2D eigenvalue weighted by atomic mass is 10.1. The molecule has 3 atom stereocenters. The molecule has 1 aromatic heterocycles. The number of nitrogens with zero attached hydrogens (tertiary/aromatic N) is 2. The van der Waals surface area contributed by atoms with E-state index in [1.807, 2.05) is 13.8 Å². The second-order valence-corrected chi connectivity index (χ2v) is 8.37. The van der Waals surface area contributed by atoms with Gasteiger partial charge in [-0.25, -0.2) is 14.4 Å². The van der Waals surface area contributed by atoms with Gasteiger partial charge in [-0.2, -0.15) is 4.98 Å². The van der Waals surface area contributed by atoms with Crippen LogP contribution in [0.2, 0.25) is 0 Å². The molecule has 0 bridgehead atoms. The van der Waals surface area contributed by atoms with Crippen LogP contribution in [0.25, 0.3) is 0 Å². The van der Waals surface area contributed by atoms with Crippen molar-refractivity contribution in [2.24, 2.45) is 0 Å². The van der Waals surface area contributed by atoms with Crippen molar-refractivity contribution >= 4 is 17.8 Å². The van der Waals surface area contributed by atoms with Gasteiger partial charge in [0.05, 0.1) is 11.1 Å². The third-order valence-electron chi connectivity index (χ3n) is 5.68. The molecule has 2 N–H and O–H groups in total. The third-order valence-corrected chi connectivity index (χ3v) is 5.68. The van der Waals surface area contributed by atoms with E-state index in [0.717, 1.165) is 21.9 Å². The first-order valence-corrected chi connectivity index (χ1v) is 11.0. The van der Waals surface area contributed by atoms with Gasteiger partial charge < -0.3 is 19.9 Å². The number of aryl methyl sites for hydroxylation is 3. The Bertz CT molecular complexity index is 1390. The van der Waals surface area contributed by atoms with Crippen LogP contribution in [0, 0.1) is 20.7 Å². The van der Waals surface area contributed by atoms with Crippen LogP contribution in [0.5, 0.6) is 0 Å². The van der Waals surface area contributed by atoms with Crippen molar-refractivity contribution in [2.75, 3.05) is 12.3 Å². The van der Waals surface area contributed by atoms with E-state index in [2.05, 4.69) is 4.98 Å². The van der Waals surface area contributed by atoms with Gasteiger partial charge in [-0.15, -0.1) is 0 Å². The highest BCUT2D eigenvalue weighted by Gasteiger charge is 2.40. The number of carbonyl (C=O) groups is 2. The predicted molar refractivity (Wildman–Crippen MR) is 128 cm³/mol.